The van der Waals surface area contributed by atoms with Gasteiger partial charge in [-0.1, -0.05) is 33.1 Å². The molecule has 0 atom stereocenters. The highest BCUT2D eigenvalue weighted by molar-refractivity contribution is 5.98. The van der Waals surface area contributed by atoms with Crippen LogP contribution in [-0.4, -0.2) is 18.5 Å². The molecule has 0 bridgehead atoms. The molecule has 0 spiro atoms. The topological polar surface area (TPSA) is 69.4 Å². The molecule has 0 aliphatic carbocycles. The molecular formula is C12H21NO3. The quantitative estimate of drug-likeness (QED) is 0.391. The molecule has 16 heavy (non-hydrogen) atoms. The molecule has 1 amide bonds. The number of primary amides is 1. The van der Waals surface area contributed by atoms with Crippen molar-refractivity contribution in [3.8, 4) is 0 Å². The molecule has 4 nitrogen and oxygen atoms in total. The van der Waals surface area contributed by atoms with Gasteiger partial charge in [-0.15, -0.1) is 0 Å². The molecule has 0 unspecified atom stereocenters. The zero-order chi connectivity index (χ0) is 12.4. The SMILES string of the molecule is CCCCCCOC(=O)/C=C(/CC)C(N)=O. The van der Waals surface area contributed by atoms with Gasteiger partial charge in [0.2, 0.25) is 5.91 Å². The van der Waals surface area contributed by atoms with E-state index in [2.05, 4.69) is 6.92 Å². The van der Waals surface area contributed by atoms with Crippen LogP contribution in [0.5, 0.6) is 0 Å². The number of ether oxygens (including phenoxy) is 1. The minimum atomic E-state index is -0.564. The molecular weight excluding hydrogens is 206 g/mol. The van der Waals surface area contributed by atoms with Crippen LogP contribution in [0.2, 0.25) is 0 Å². The van der Waals surface area contributed by atoms with Gasteiger partial charge in [-0.2, -0.15) is 0 Å². The molecule has 0 aliphatic rings. The summed E-state index contributed by atoms with van der Waals surface area (Å²) in [6.07, 6.45) is 5.85. The summed E-state index contributed by atoms with van der Waals surface area (Å²) in [5, 5.41) is 0. The molecule has 0 aliphatic heterocycles. The van der Waals surface area contributed by atoms with E-state index in [-0.39, 0.29) is 0 Å². The van der Waals surface area contributed by atoms with E-state index in [9.17, 15) is 9.59 Å². The zero-order valence-electron chi connectivity index (χ0n) is 10.1. The lowest BCUT2D eigenvalue weighted by Crippen LogP contribution is -2.15. The third kappa shape index (κ3) is 7.04. The Morgan fingerprint density at radius 1 is 1.19 bits per heavy atom. The maximum Gasteiger partial charge on any atom is 0.331 e. The summed E-state index contributed by atoms with van der Waals surface area (Å²) in [6.45, 7) is 4.30. The largest absolute Gasteiger partial charge is 0.463 e. The third-order valence-electron chi connectivity index (χ3n) is 2.23. The van der Waals surface area contributed by atoms with Gasteiger partial charge in [0.1, 0.15) is 0 Å². The van der Waals surface area contributed by atoms with E-state index in [1.165, 1.54) is 6.08 Å². The summed E-state index contributed by atoms with van der Waals surface area (Å²) < 4.78 is 4.95. The van der Waals surface area contributed by atoms with E-state index < -0.39 is 11.9 Å². The van der Waals surface area contributed by atoms with Crippen LogP contribution in [-0.2, 0) is 14.3 Å². The van der Waals surface area contributed by atoms with Crippen molar-refractivity contribution in [3.63, 3.8) is 0 Å². The first-order valence-corrected chi connectivity index (χ1v) is 5.78. The molecule has 0 radical (unpaired) electrons. The van der Waals surface area contributed by atoms with E-state index in [0.29, 0.717) is 18.6 Å². The summed E-state index contributed by atoms with van der Waals surface area (Å²) in [5.41, 5.74) is 5.38. The van der Waals surface area contributed by atoms with Gasteiger partial charge in [-0.05, 0) is 12.8 Å². The fourth-order valence-electron chi connectivity index (χ4n) is 1.23. The van der Waals surface area contributed by atoms with Crippen molar-refractivity contribution < 1.29 is 14.3 Å². The summed E-state index contributed by atoms with van der Waals surface area (Å²) in [7, 11) is 0. The fraction of sp³-hybridized carbons (Fsp3) is 0.667. The maximum atomic E-state index is 11.2. The van der Waals surface area contributed by atoms with E-state index in [0.717, 1.165) is 25.7 Å². The van der Waals surface area contributed by atoms with Crippen molar-refractivity contribution in [2.24, 2.45) is 5.73 Å². The Bertz CT molecular complexity index is 259. The van der Waals surface area contributed by atoms with Crippen LogP contribution in [0.4, 0.5) is 0 Å². The first kappa shape index (κ1) is 14.7. The second-order valence-electron chi connectivity index (χ2n) is 3.62. The smallest absolute Gasteiger partial charge is 0.331 e. The van der Waals surface area contributed by atoms with Crippen LogP contribution < -0.4 is 5.73 Å². The molecule has 4 heteroatoms. The second kappa shape index (κ2) is 8.95. The Hall–Kier alpha value is -1.32. The van der Waals surface area contributed by atoms with E-state index >= 15 is 0 Å². The number of nitrogens with two attached hydrogens (primary N) is 1. The van der Waals surface area contributed by atoms with Crippen molar-refractivity contribution in [3.05, 3.63) is 11.6 Å². The lowest BCUT2D eigenvalue weighted by Gasteiger charge is -2.02. The first-order valence-electron chi connectivity index (χ1n) is 5.78. The van der Waals surface area contributed by atoms with Crippen molar-refractivity contribution in [1.29, 1.82) is 0 Å². The van der Waals surface area contributed by atoms with Gasteiger partial charge in [0, 0.05) is 11.6 Å². The molecule has 0 rings (SSSR count). The first-order chi connectivity index (χ1) is 7.61. The predicted octanol–water partition coefficient (Wildman–Crippen LogP) is 1.93. The van der Waals surface area contributed by atoms with Crippen LogP contribution in [0.3, 0.4) is 0 Å². The maximum absolute atomic E-state index is 11.2. The van der Waals surface area contributed by atoms with Crippen LogP contribution in [0.25, 0.3) is 0 Å². The Kier molecular flexibility index (Phi) is 8.21. The van der Waals surface area contributed by atoms with Gasteiger partial charge in [-0.25, -0.2) is 4.79 Å². The Balaban J connectivity index is 3.84. The number of carbonyl (C=O) groups is 2. The molecule has 0 aromatic rings. The molecule has 2 N–H and O–H groups in total. The number of amides is 1. The minimum absolute atomic E-state index is 0.304. The number of esters is 1. The fourth-order valence-corrected chi connectivity index (χ4v) is 1.23. The van der Waals surface area contributed by atoms with Crippen LogP contribution >= 0.6 is 0 Å². The predicted molar refractivity (Wildman–Crippen MR) is 62.7 cm³/mol. The summed E-state index contributed by atoms with van der Waals surface area (Å²) in [4.78, 5) is 22.1. The molecule has 0 fully saturated rings. The van der Waals surface area contributed by atoms with Crippen LogP contribution in [0.15, 0.2) is 11.6 Å². The number of hydrogen-bond acceptors (Lipinski definition) is 3. The van der Waals surface area contributed by atoms with Gasteiger partial charge in [-0.3, -0.25) is 4.79 Å². The van der Waals surface area contributed by atoms with Gasteiger partial charge in [0.05, 0.1) is 6.61 Å². The average molecular weight is 227 g/mol. The summed E-state index contributed by atoms with van der Waals surface area (Å²) >= 11 is 0. The second-order valence-corrected chi connectivity index (χ2v) is 3.62. The van der Waals surface area contributed by atoms with Crippen LogP contribution in [0.1, 0.15) is 46.0 Å². The van der Waals surface area contributed by atoms with E-state index in [1.807, 2.05) is 0 Å². The lowest BCUT2D eigenvalue weighted by atomic mass is 10.2. The number of unbranched alkanes of at least 4 members (excludes halogenated alkanes) is 3. The number of hydrogen-bond donors (Lipinski definition) is 1. The monoisotopic (exact) mass is 227 g/mol. The normalized spacial score (nSPS) is 11.2. The molecule has 0 aromatic carbocycles. The highest BCUT2D eigenvalue weighted by atomic mass is 16.5. The van der Waals surface area contributed by atoms with Gasteiger partial charge < -0.3 is 10.5 Å². The molecule has 0 saturated heterocycles. The Morgan fingerprint density at radius 2 is 1.88 bits per heavy atom. The molecule has 0 saturated carbocycles. The third-order valence-corrected chi connectivity index (χ3v) is 2.23. The Morgan fingerprint density at radius 3 is 2.38 bits per heavy atom. The van der Waals surface area contributed by atoms with Crippen molar-refractivity contribution in [2.45, 2.75) is 46.0 Å². The molecule has 92 valence electrons. The summed E-state index contributed by atoms with van der Waals surface area (Å²) in [5.74, 6) is -1.04. The van der Waals surface area contributed by atoms with Gasteiger partial charge >= 0.3 is 5.97 Å². The Labute approximate surface area is 96.8 Å². The standard InChI is InChI=1S/C12H21NO3/c1-3-5-6-7-8-16-11(14)9-10(4-2)12(13)15/h9H,3-8H2,1-2H3,(H2,13,15)/b10-9-. The highest BCUT2D eigenvalue weighted by Gasteiger charge is 2.06. The van der Waals surface area contributed by atoms with E-state index in [4.69, 9.17) is 10.5 Å². The summed E-state index contributed by atoms with van der Waals surface area (Å²) in [6, 6.07) is 0. The molecule has 0 aromatic heterocycles. The zero-order valence-corrected chi connectivity index (χ0v) is 10.1. The highest BCUT2D eigenvalue weighted by Crippen LogP contribution is 2.02. The number of carbonyl (C=O) groups excluding carboxylic acids is 2. The van der Waals surface area contributed by atoms with Gasteiger partial charge in [0.25, 0.3) is 0 Å². The van der Waals surface area contributed by atoms with Crippen LogP contribution in [0, 0.1) is 0 Å². The van der Waals surface area contributed by atoms with Crippen molar-refractivity contribution >= 4 is 11.9 Å². The van der Waals surface area contributed by atoms with E-state index in [1.54, 1.807) is 6.92 Å². The molecule has 0 heterocycles. The average Bonchev–Trinajstić information content (AvgIpc) is 2.25. The van der Waals surface area contributed by atoms with Gasteiger partial charge in [0.15, 0.2) is 0 Å². The minimum Gasteiger partial charge on any atom is -0.463 e. The lowest BCUT2D eigenvalue weighted by molar-refractivity contribution is -0.138. The van der Waals surface area contributed by atoms with Crippen molar-refractivity contribution in [1.82, 2.24) is 0 Å². The number of rotatable bonds is 8. The van der Waals surface area contributed by atoms with Crippen molar-refractivity contribution in [2.75, 3.05) is 6.61 Å².